The fourth-order valence-corrected chi connectivity index (χ4v) is 1.59. The highest BCUT2D eigenvalue weighted by molar-refractivity contribution is 5.24. The first-order valence-electron chi connectivity index (χ1n) is 4.02. The van der Waals surface area contributed by atoms with Gasteiger partial charge in [-0.3, -0.25) is 0 Å². The standard InChI is InChI=1S/C9H12O2/c10-8-2-5-9(6-3-8)4-1-7-11-9/h2-3,5-6,8,10H,1,4,7H2. The van der Waals surface area contributed by atoms with Gasteiger partial charge in [-0.2, -0.15) is 0 Å². The topological polar surface area (TPSA) is 29.5 Å². The van der Waals surface area contributed by atoms with E-state index in [1.54, 1.807) is 12.2 Å². The first-order chi connectivity index (χ1) is 5.31. The Bertz CT molecular complexity index is 184. The lowest BCUT2D eigenvalue weighted by Gasteiger charge is -2.23. The molecule has 0 unspecified atom stereocenters. The van der Waals surface area contributed by atoms with Crippen LogP contribution < -0.4 is 0 Å². The smallest absolute Gasteiger partial charge is 0.105 e. The zero-order chi connectivity index (χ0) is 7.73. The van der Waals surface area contributed by atoms with E-state index in [1.807, 2.05) is 12.2 Å². The van der Waals surface area contributed by atoms with E-state index in [4.69, 9.17) is 9.84 Å². The van der Waals surface area contributed by atoms with Crippen LogP contribution in [0.25, 0.3) is 0 Å². The molecule has 1 aliphatic heterocycles. The van der Waals surface area contributed by atoms with Crippen LogP contribution in [-0.2, 0) is 4.74 Å². The third kappa shape index (κ3) is 1.24. The van der Waals surface area contributed by atoms with Crippen LogP contribution in [0.3, 0.4) is 0 Å². The molecule has 0 radical (unpaired) electrons. The van der Waals surface area contributed by atoms with E-state index in [0.717, 1.165) is 19.4 Å². The van der Waals surface area contributed by atoms with Crippen LogP contribution in [0.5, 0.6) is 0 Å². The molecule has 0 aromatic heterocycles. The Hall–Kier alpha value is -0.600. The van der Waals surface area contributed by atoms with Crippen molar-refractivity contribution in [3.05, 3.63) is 24.3 Å². The largest absolute Gasteiger partial charge is 0.385 e. The predicted octanol–water partition coefficient (Wildman–Crippen LogP) is 1.02. The fourth-order valence-electron chi connectivity index (χ4n) is 1.59. The van der Waals surface area contributed by atoms with Crippen LogP contribution >= 0.6 is 0 Å². The molecule has 0 aromatic rings. The molecule has 2 aliphatic rings. The van der Waals surface area contributed by atoms with E-state index in [-0.39, 0.29) is 5.60 Å². The van der Waals surface area contributed by atoms with Gasteiger partial charge in [0, 0.05) is 6.61 Å². The molecule has 0 bridgehead atoms. The normalized spacial score (nSPS) is 42.1. The van der Waals surface area contributed by atoms with Crippen LogP contribution in [0, 0.1) is 0 Å². The summed E-state index contributed by atoms with van der Waals surface area (Å²) in [5, 5.41) is 9.12. The maximum atomic E-state index is 9.12. The van der Waals surface area contributed by atoms with Crippen LogP contribution in [0.4, 0.5) is 0 Å². The second-order valence-corrected chi connectivity index (χ2v) is 3.12. The molecule has 0 aromatic carbocycles. The Kier molecular flexibility index (Phi) is 1.59. The quantitative estimate of drug-likeness (QED) is 0.525. The maximum Gasteiger partial charge on any atom is 0.105 e. The summed E-state index contributed by atoms with van der Waals surface area (Å²) < 4.78 is 5.54. The minimum atomic E-state index is -0.412. The minimum absolute atomic E-state index is 0.167. The summed E-state index contributed by atoms with van der Waals surface area (Å²) >= 11 is 0. The maximum absolute atomic E-state index is 9.12. The molecule has 2 heteroatoms. The van der Waals surface area contributed by atoms with Crippen LogP contribution in [0.15, 0.2) is 24.3 Å². The molecule has 0 atom stereocenters. The van der Waals surface area contributed by atoms with Crippen LogP contribution in [0.2, 0.25) is 0 Å². The van der Waals surface area contributed by atoms with Crippen molar-refractivity contribution in [1.29, 1.82) is 0 Å². The average Bonchev–Trinajstić information content (AvgIpc) is 2.45. The third-order valence-electron chi connectivity index (χ3n) is 2.23. The summed E-state index contributed by atoms with van der Waals surface area (Å²) in [6, 6.07) is 0. The highest BCUT2D eigenvalue weighted by Gasteiger charge is 2.31. The average molecular weight is 152 g/mol. The van der Waals surface area contributed by atoms with Crippen molar-refractivity contribution in [2.45, 2.75) is 24.5 Å². The molecule has 1 aliphatic carbocycles. The van der Waals surface area contributed by atoms with Gasteiger partial charge in [0.1, 0.15) is 5.60 Å². The molecule has 1 N–H and O–H groups in total. The van der Waals surface area contributed by atoms with Gasteiger partial charge in [-0.1, -0.05) is 24.3 Å². The Morgan fingerprint density at radius 2 is 2.09 bits per heavy atom. The molecule has 60 valence electrons. The van der Waals surface area contributed by atoms with Gasteiger partial charge in [0.25, 0.3) is 0 Å². The monoisotopic (exact) mass is 152 g/mol. The van der Waals surface area contributed by atoms with Crippen molar-refractivity contribution >= 4 is 0 Å². The van der Waals surface area contributed by atoms with Gasteiger partial charge in [0.05, 0.1) is 6.10 Å². The van der Waals surface area contributed by atoms with Gasteiger partial charge < -0.3 is 9.84 Å². The van der Waals surface area contributed by atoms with E-state index < -0.39 is 6.10 Å². The molecule has 2 rings (SSSR count). The molecule has 0 amide bonds. The predicted molar refractivity (Wildman–Crippen MR) is 42.2 cm³/mol. The van der Waals surface area contributed by atoms with E-state index in [9.17, 15) is 0 Å². The lowest BCUT2D eigenvalue weighted by atomic mass is 9.94. The van der Waals surface area contributed by atoms with Crippen molar-refractivity contribution in [3.8, 4) is 0 Å². The van der Waals surface area contributed by atoms with Crippen molar-refractivity contribution in [3.63, 3.8) is 0 Å². The number of rotatable bonds is 0. The highest BCUT2D eigenvalue weighted by Crippen LogP contribution is 2.30. The van der Waals surface area contributed by atoms with Gasteiger partial charge in [0.15, 0.2) is 0 Å². The summed E-state index contributed by atoms with van der Waals surface area (Å²) in [6.07, 6.45) is 9.24. The van der Waals surface area contributed by atoms with Gasteiger partial charge in [0.2, 0.25) is 0 Å². The van der Waals surface area contributed by atoms with Gasteiger partial charge in [-0.05, 0) is 12.8 Å². The molecular weight excluding hydrogens is 140 g/mol. The van der Waals surface area contributed by atoms with Crippen molar-refractivity contribution < 1.29 is 9.84 Å². The number of hydrogen-bond donors (Lipinski definition) is 1. The SMILES string of the molecule is OC1C=CC2(C=C1)CCCO2. The zero-order valence-corrected chi connectivity index (χ0v) is 6.36. The molecule has 0 saturated carbocycles. The first kappa shape index (κ1) is 7.07. The summed E-state index contributed by atoms with van der Waals surface area (Å²) in [7, 11) is 0. The molecule has 1 saturated heterocycles. The number of hydrogen-bond acceptors (Lipinski definition) is 2. The Labute approximate surface area is 66.2 Å². The van der Waals surface area contributed by atoms with E-state index >= 15 is 0 Å². The van der Waals surface area contributed by atoms with Crippen molar-refractivity contribution in [2.75, 3.05) is 6.61 Å². The number of aliphatic hydroxyl groups excluding tert-OH is 1. The number of aliphatic hydroxyl groups is 1. The van der Waals surface area contributed by atoms with Gasteiger partial charge in [-0.15, -0.1) is 0 Å². The summed E-state index contributed by atoms with van der Waals surface area (Å²) in [4.78, 5) is 0. The third-order valence-corrected chi connectivity index (χ3v) is 2.23. The minimum Gasteiger partial charge on any atom is -0.385 e. The van der Waals surface area contributed by atoms with Crippen molar-refractivity contribution in [1.82, 2.24) is 0 Å². The fraction of sp³-hybridized carbons (Fsp3) is 0.556. The molecule has 1 heterocycles. The summed E-state index contributed by atoms with van der Waals surface area (Å²) in [5.41, 5.74) is -0.167. The molecular formula is C9H12O2. The Balaban J connectivity index is 2.16. The van der Waals surface area contributed by atoms with E-state index in [1.165, 1.54) is 0 Å². The second-order valence-electron chi connectivity index (χ2n) is 3.12. The van der Waals surface area contributed by atoms with Crippen LogP contribution in [-0.4, -0.2) is 23.4 Å². The Morgan fingerprint density at radius 3 is 2.64 bits per heavy atom. The van der Waals surface area contributed by atoms with Gasteiger partial charge in [-0.25, -0.2) is 0 Å². The molecule has 1 fully saturated rings. The van der Waals surface area contributed by atoms with E-state index in [0.29, 0.717) is 0 Å². The molecule has 1 spiro atoms. The summed E-state index contributed by atoms with van der Waals surface area (Å²) in [6.45, 7) is 0.838. The van der Waals surface area contributed by atoms with E-state index in [2.05, 4.69) is 0 Å². The molecule has 2 nitrogen and oxygen atoms in total. The molecule has 11 heavy (non-hydrogen) atoms. The second kappa shape index (κ2) is 2.47. The lowest BCUT2D eigenvalue weighted by Crippen LogP contribution is -2.25. The Morgan fingerprint density at radius 1 is 1.36 bits per heavy atom. The van der Waals surface area contributed by atoms with Gasteiger partial charge >= 0.3 is 0 Å². The lowest BCUT2D eigenvalue weighted by molar-refractivity contribution is 0.0807. The highest BCUT2D eigenvalue weighted by atomic mass is 16.5. The summed E-state index contributed by atoms with van der Waals surface area (Å²) in [5.74, 6) is 0. The first-order valence-corrected chi connectivity index (χ1v) is 4.02. The van der Waals surface area contributed by atoms with Crippen molar-refractivity contribution in [2.24, 2.45) is 0 Å². The number of ether oxygens (including phenoxy) is 1. The zero-order valence-electron chi connectivity index (χ0n) is 6.36. The van der Waals surface area contributed by atoms with Crippen LogP contribution in [0.1, 0.15) is 12.8 Å².